The second kappa shape index (κ2) is 7.08. The van der Waals surface area contributed by atoms with E-state index < -0.39 is 0 Å². The number of hydrogen-bond donors (Lipinski definition) is 1. The van der Waals surface area contributed by atoms with E-state index >= 15 is 0 Å². The highest BCUT2D eigenvalue weighted by Crippen LogP contribution is 2.36. The van der Waals surface area contributed by atoms with E-state index in [9.17, 15) is 0 Å². The molecule has 0 saturated heterocycles. The molecule has 0 aromatic carbocycles. The van der Waals surface area contributed by atoms with Crippen molar-refractivity contribution in [2.45, 2.75) is 51.6 Å². The number of hydrogen-bond acceptors (Lipinski definition) is 3. The van der Waals surface area contributed by atoms with Crippen molar-refractivity contribution in [1.82, 2.24) is 5.32 Å². The first kappa shape index (κ1) is 15.3. The van der Waals surface area contributed by atoms with Crippen LogP contribution in [0.25, 0.3) is 0 Å². The largest absolute Gasteiger partial charge is 0.306 e. The molecule has 1 nitrogen and oxygen atoms in total. The molecule has 4 atom stereocenters. The standard InChI is InChI=1S/C18H25NS2/c1-3-14-8-9-16(13(14)2)19-17(18-7-5-11-21-18)12-15-6-4-10-20-15/h4-7,10-11,13-14,16-17,19H,3,8-9,12H2,1-2H3. The maximum absolute atomic E-state index is 3.99. The van der Waals surface area contributed by atoms with Crippen LogP contribution < -0.4 is 5.32 Å². The summed E-state index contributed by atoms with van der Waals surface area (Å²) in [7, 11) is 0. The van der Waals surface area contributed by atoms with Gasteiger partial charge in [-0.2, -0.15) is 0 Å². The van der Waals surface area contributed by atoms with Gasteiger partial charge < -0.3 is 5.32 Å². The van der Waals surface area contributed by atoms with Crippen LogP contribution in [0.2, 0.25) is 0 Å². The first-order valence-corrected chi connectivity index (χ1v) is 9.85. The lowest BCUT2D eigenvalue weighted by atomic mass is 9.93. The highest BCUT2D eigenvalue weighted by atomic mass is 32.1. The van der Waals surface area contributed by atoms with Crippen molar-refractivity contribution in [3.63, 3.8) is 0 Å². The Morgan fingerprint density at radius 3 is 2.62 bits per heavy atom. The van der Waals surface area contributed by atoms with Gasteiger partial charge in [0.25, 0.3) is 0 Å². The number of nitrogens with one attached hydrogen (secondary N) is 1. The van der Waals surface area contributed by atoms with Gasteiger partial charge in [0.05, 0.1) is 0 Å². The molecule has 0 bridgehead atoms. The van der Waals surface area contributed by atoms with Gasteiger partial charge in [-0.3, -0.25) is 0 Å². The van der Waals surface area contributed by atoms with Crippen molar-refractivity contribution < 1.29 is 0 Å². The zero-order valence-electron chi connectivity index (χ0n) is 12.9. The Morgan fingerprint density at radius 1 is 1.19 bits per heavy atom. The third-order valence-corrected chi connectivity index (χ3v) is 6.92. The molecule has 114 valence electrons. The maximum atomic E-state index is 3.99. The van der Waals surface area contributed by atoms with E-state index in [1.807, 2.05) is 22.7 Å². The van der Waals surface area contributed by atoms with Crippen LogP contribution in [0, 0.1) is 11.8 Å². The quantitative estimate of drug-likeness (QED) is 0.740. The first-order valence-electron chi connectivity index (χ1n) is 8.09. The molecule has 0 radical (unpaired) electrons. The number of thiophene rings is 2. The summed E-state index contributed by atoms with van der Waals surface area (Å²) in [6.45, 7) is 4.78. The molecule has 1 fully saturated rings. The monoisotopic (exact) mass is 319 g/mol. The Bertz CT molecular complexity index is 517. The molecule has 0 amide bonds. The minimum absolute atomic E-state index is 0.478. The predicted octanol–water partition coefficient (Wildman–Crippen LogP) is 5.51. The van der Waals surface area contributed by atoms with Gasteiger partial charge in [-0.05, 0) is 47.6 Å². The zero-order valence-corrected chi connectivity index (χ0v) is 14.6. The van der Waals surface area contributed by atoms with Gasteiger partial charge in [-0.1, -0.05) is 32.4 Å². The summed E-state index contributed by atoms with van der Waals surface area (Å²) in [5, 5.41) is 8.37. The third-order valence-electron chi connectivity index (χ3n) is 5.04. The van der Waals surface area contributed by atoms with Crippen molar-refractivity contribution in [2.24, 2.45) is 11.8 Å². The van der Waals surface area contributed by atoms with Crippen LogP contribution in [0.4, 0.5) is 0 Å². The summed E-state index contributed by atoms with van der Waals surface area (Å²) in [6, 6.07) is 10.0. The molecule has 3 heteroatoms. The van der Waals surface area contributed by atoms with Crippen LogP contribution in [-0.2, 0) is 6.42 Å². The predicted molar refractivity (Wildman–Crippen MR) is 94.2 cm³/mol. The van der Waals surface area contributed by atoms with Crippen molar-refractivity contribution in [3.05, 3.63) is 44.8 Å². The Balaban J connectivity index is 1.71. The van der Waals surface area contributed by atoms with Crippen molar-refractivity contribution >= 4 is 22.7 Å². The van der Waals surface area contributed by atoms with E-state index in [1.165, 1.54) is 29.0 Å². The normalized spacial score (nSPS) is 27.0. The van der Waals surface area contributed by atoms with Crippen LogP contribution in [0.3, 0.4) is 0 Å². The van der Waals surface area contributed by atoms with Crippen LogP contribution in [0.5, 0.6) is 0 Å². The average molecular weight is 320 g/mol. The highest BCUT2D eigenvalue weighted by molar-refractivity contribution is 7.10. The van der Waals surface area contributed by atoms with Gasteiger partial charge in [0, 0.05) is 28.3 Å². The molecule has 1 saturated carbocycles. The Morgan fingerprint density at radius 2 is 2.00 bits per heavy atom. The van der Waals surface area contributed by atoms with Crippen molar-refractivity contribution in [1.29, 1.82) is 0 Å². The molecule has 2 aromatic heterocycles. The summed E-state index contributed by atoms with van der Waals surface area (Å²) < 4.78 is 0. The van der Waals surface area contributed by atoms with E-state index in [0.717, 1.165) is 18.3 Å². The molecule has 0 aliphatic heterocycles. The fraction of sp³-hybridized carbons (Fsp3) is 0.556. The Hall–Kier alpha value is -0.640. The Labute approximate surface area is 136 Å². The fourth-order valence-electron chi connectivity index (χ4n) is 3.68. The smallest absolute Gasteiger partial charge is 0.0465 e. The second-order valence-corrected chi connectivity index (χ2v) is 8.24. The molecule has 0 spiro atoms. The van der Waals surface area contributed by atoms with Crippen molar-refractivity contribution in [2.75, 3.05) is 0 Å². The molecular weight excluding hydrogens is 294 g/mol. The van der Waals surface area contributed by atoms with Gasteiger partial charge in [0.2, 0.25) is 0 Å². The van der Waals surface area contributed by atoms with E-state index in [4.69, 9.17) is 0 Å². The molecular formula is C18H25NS2. The van der Waals surface area contributed by atoms with Gasteiger partial charge in [-0.15, -0.1) is 22.7 Å². The number of rotatable bonds is 6. The Kier molecular flexibility index (Phi) is 5.15. The summed E-state index contributed by atoms with van der Waals surface area (Å²) >= 11 is 3.76. The van der Waals surface area contributed by atoms with Crippen LogP contribution in [-0.4, -0.2) is 6.04 Å². The van der Waals surface area contributed by atoms with Crippen LogP contribution >= 0.6 is 22.7 Å². The minimum atomic E-state index is 0.478. The van der Waals surface area contributed by atoms with Crippen LogP contribution in [0.1, 0.15) is 48.9 Å². The molecule has 3 rings (SSSR count). The third kappa shape index (κ3) is 3.58. The first-order chi connectivity index (χ1) is 10.3. The SMILES string of the molecule is CCC1CCC(NC(Cc2cccs2)c2cccs2)C1C. The van der Waals surface area contributed by atoms with Gasteiger partial charge in [0.15, 0.2) is 0 Å². The zero-order chi connectivity index (χ0) is 14.7. The van der Waals surface area contributed by atoms with Gasteiger partial charge in [-0.25, -0.2) is 0 Å². The molecule has 2 aromatic rings. The second-order valence-electron chi connectivity index (χ2n) is 6.23. The van der Waals surface area contributed by atoms with E-state index in [1.54, 1.807) is 0 Å². The molecule has 21 heavy (non-hydrogen) atoms. The highest BCUT2D eigenvalue weighted by Gasteiger charge is 2.33. The molecule has 1 aliphatic carbocycles. The minimum Gasteiger partial charge on any atom is -0.306 e. The van der Waals surface area contributed by atoms with E-state index in [-0.39, 0.29) is 0 Å². The average Bonchev–Trinajstić information content (AvgIpc) is 3.21. The van der Waals surface area contributed by atoms with Crippen molar-refractivity contribution in [3.8, 4) is 0 Å². The lowest BCUT2D eigenvalue weighted by Gasteiger charge is -2.26. The molecule has 1 aliphatic rings. The summed E-state index contributed by atoms with van der Waals surface area (Å²) in [5.74, 6) is 1.72. The van der Waals surface area contributed by atoms with Gasteiger partial charge in [0.1, 0.15) is 0 Å². The lowest BCUT2D eigenvalue weighted by Crippen LogP contribution is -2.36. The molecule has 1 N–H and O–H groups in total. The maximum Gasteiger partial charge on any atom is 0.0465 e. The summed E-state index contributed by atoms with van der Waals surface area (Å²) in [5.41, 5.74) is 0. The van der Waals surface area contributed by atoms with Gasteiger partial charge >= 0.3 is 0 Å². The fourth-order valence-corrected chi connectivity index (χ4v) is 5.22. The van der Waals surface area contributed by atoms with E-state index in [2.05, 4.69) is 54.2 Å². The topological polar surface area (TPSA) is 12.0 Å². The summed E-state index contributed by atoms with van der Waals surface area (Å²) in [4.78, 5) is 2.97. The van der Waals surface area contributed by atoms with Crippen LogP contribution in [0.15, 0.2) is 35.0 Å². The molecule has 4 unspecified atom stereocenters. The lowest BCUT2D eigenvalue weighted by molar-refractivity contribution is 0.322. The van der Waals surface area contributed by atoms with E-state index in [0.29, 0.717) is 12.1 Å². The summed E-state index contributed by atoms with van der Waals surface area (Å²) in [6.07, 6.45) is 5.18. The molecule has 2 heterocycles.